The molecule has 1 aromatic carbocycles. The molecule has 0 saturated heterocycles. The van der Waals surface area contributed by atoms with Crippen molar-refractivity contribution in [2.24, 2.45) is 5.41 Å². The normalized spacial score (nSPS) is 25.0. The van der Waals surface area contributed by atoms with Crippen LogP contribution in [-0.2, 0) is 4.79 Å². The average molecular weight is 263 g/mol. The van der Waals surface area contributed by atoms with Gasteiger partial charge in [0.15, 0.2) is 0 Å². The highest BCUT2D eigenvalue weighted by Gasteiger charge is 2.48. The second-order valence-electron chi connectivity index (χ2n) is 6.09. The summed E-state index contributed by atoms with van der Waals surface area (Å²) in [4.78, 5) is 11.7. The second-order valence-corrected chi connectivity index (χ2v) is 6.09. The molecule has 4 nitrogen and oxygen atoms in total. The number of carboxylic acid groups (broad SMARTS) is 1. The van der Waals surface area contributed by atoms with E-state index in [1.54, 1.807) is 7.11 Å². The van der Waals surface area contributed by atoms with Crippen LogP contribution in [0.5, 0.6) is 5.75 Å². The van der Waals surface area contributed by atoms with E-state index in [0.29, 0.717) is 12.8 Å². The van der Waals surface area contributed by atoms with E-state index in [1.807, 2.05) is 24.3 Å². The molecule has 0 spiro atoms. The number of carboxylic acids is 1. The number of anilines is 1. The van der Waals surface area contributed by atoms with E-state index in [4.69, 9.17) is 4.74 Å². The van der Waals surface area contributed by atoms with Gasteiger partial charge < -0.3 is 15.2 Å². The van der Waals surface area contributed by atoms with Crippen molar-refractivity contribution in [2.45, 2.75) is 38.6 Å². The molecule has 4 heteroatoms. The first-order chi connectivity index (χ1) is 8.87. The summed E-state index contributed by atoms with van der Waals surface area (Å²) in [6.45, 7) is 4.23. The Balaban J connectivity index is 2.25. The Kier molecular flexibility index (Phi) is 3.43. The topological polar surface area (TPSA) is 58.6 Å². The Morgan fingerprint density at radius 3 is 2.63 bits per heavy atom. The van der Waals surface area contributed by atoms with Crippen molar-refractivity contribution in [3.63, 3.8) is 0 Å². The van der Waals surface area contributed by atoms with Crippen molar-refractivity contribution in [1.82, 2.24) is 0 Å². The summed E-state index contributed by atoms with van der Waals surface area (Å²) in [6, 6.07) is 7.41. The van der Waals surface area contributed by atoms with Crippen LogP contribution in [-0.4, -0.2) is 23.7 Å². The Labute approximate surface area is 113 Å². The van der Waals surface area contributed by atoms with Crippen molar-refractivity contribution in [1.29, 1.82) is 0 Å². The Morgan fingerprint density at radius 1 is 1.37 bits per heavy atom. The minimum atomic E-state index is -0.865. The molecule has 19 heavy (non-hydrogen) atoms. The van der Waals surface area contributed by atoms with E-state index < -0.39 is 11.5 Å². The summed E-state index contributed by atoms with van der Waals surface area (Å²) >= 11 is 0. The van der Waals surface area contributed by atoms with Crippen LogP contribution in [0.15, 0.2) is 24.3 Å². The van der Waals surface area contributed by atoms with Gasteiger partial charge in [-0.25, -0.2) is 4.79 Å². The number of aliphatic carboxylic acids is 1. The van der Waals surface area contributed by atoms with Crippen LogP contribution in [0.2, 0.25) is 0 Å². The highest BCUT2D eigenvalue weighted by Crippen LogP contribution is 2.45. The number of rotatable bonds is 4. The zero-order chi connectivity index (χ0) is 14.1. The molecule has 0 amide bonds. The van der Waals surface area contributed by atoms with Crippen LogP contribution in [0.4, 0.5) is 5.69 Å². The summed E-state index contributed by atoms with van der Waals surface area (Å²) in [5.41, 5.74) is -0.0143. The van der Waals surface area contributed by atoms with Crippen LogP contribution < -0.4 is 10.1 Å². The molecule has 1 unspecified atom stereocenters. The zero-order valence-electron chi connectivity index (χ0n) is 11.7. The molecular weight excluding hydrogens is 242 g/mol. The van der Waals surface area contributed by atoms with E-state index in [-0.39, 0.29) is 5.41 Å². The van der Waals surface area contributed by atoms with Crippen molar-refractivity contribution >= 4 is 11.7 Å². The predicted molar refractivity (Wildman–Crippen MR) is 74.6 cm³/mol. The van der Waals surface area contributed by atoms with Gasteiger partial charge in [-0.1, -0.05) is 19.9 Å². The first-order valence-corrected chi connectivity index (χ1v) is 6.53. The van der Waals surface area contributed by atoms with E-state index >= 15 is 0 Å². The van der Waals surface area contributed by atoms with E-state index in [0.717, 1.165) is 17.9 Å². The fourth-order valence-corrected chi connectivity index (χ4v) is 2.87. The lowest BCUT2D eigenvalue weighted by molar-refractivity contribution is -0.142. The maximum absolute atomic E-state index is 11.7. The van der Waals surface area contributed by atoms with E-state index in [9.17, 15) is 9.90 Å². The summed E-state index contributed by atoms with van der Waals surface area (Å²) in [7, 11) is 1.60. The first-order valence-electron chi connectivity index (χ1n) is 6.53. The minimum Gasteiger partial charge on any atom is -0.497 e. The Morgan fingerprint density at radius 2 is 2.11 bits per heavy atom. The number of methoxy groups -OCH3 is 1. The maximum Gasteiger partial charge on any atom is 0.329 e. The molecule has 1 aliphatic rings. The number of benzene rings is 1. The molecule has 0 radical (unpaired) electrons. The first kappa shape index (κ1) is 13.7. The van der Waals surface area contributed by atoms with Crippen LogP contribution >= 0.6 is 0 Å². The van der Waals surface area contributed by atoms with Crippen LogP contribution in [0.1, 0.15) is 33.1 Å². The summed E-state index contributed by atoms with van der Waals surface area (Å²) in [5.74, 6) is -0.0521. The van der Waals surface area contributed by atoms with Crippen molar-refractivity contribution in [3.05, 3.63) is 24.3 Å². The van der Waals surface area contributed by atoms with Gasteiger partial charge in [0, 0.05) is 11.8 Å². The van der Waals surface area contributed by atoms with Gasteiger partial charge >= 0.3 is 5.97 Å². The molecule has 0 bridgehead atoms. The molecule has 0 heterocycles. The standard InChI is InChI=1S/C15H21NO3/c1-14(2)7-8-15(10-14,13(17)18)16-11-5-4-6-12(9-11)19-3/h4-6,9,16H,7-8,10H2,1-3H3,(H,17,18). The van der Waals surface area contributed by atoms with E-state index in [1.165, 1.54) is 0 Å². The molecule has 0 aliphatic heterocycles. The third-order valence-corrected chi connectivity index (χ3v) is 3.87. The number of carbonyl (C=O) groups is 1. The van der Waals surface area contributed by atoms with Crippen molar-refractivity contribution in [2.75, 3.05) is 12.4 Å². The smallest absolute Gasteiger partial charge is 0.329 e. The molecule has 1 aromatic rings. The molecule has 2 rings (SSSR count). The Hall–Kier alpha value is -1.71. The van der Waals surface area contributed by atoms with Gasteiger partial charge in [-0.15, -0.1) is 0 Å². The predicted octanol–water partition coefficient (Wildman–Crippen LogP) is 3.14. The molecule has 1 atom stereocenters. The van der Waals surface area contributed by atoms with Gasteiger partial charge in [0.2, 0.25) is 0 Å². The zero-order valence-corrected chi connectivity index (χ0v) is 11.7. The minimum absolute atomic E-state index is 0.0598. The highest BCUT2D eigenvalue weighted by atomic mass is 16.5. The SMILES string of the molecule is COc1cccc(NC2(C(=O)O)CCC(C)(C)C2)c1. The molecule has 2 N–H and O–H groups in total. The fraction of sp³-hybridized carbons (Fsp3) is 0.533. The van der Waals surface area contributed by atoms with Gasteiger partial charge in [0.05, 0.1) is 7.11 Å². The molecular formula is C15H21NO3. The third-order valence-electron chi connectivity index (χ3n) is 3.87. The van der Waals surface area contributed by atoms with Crippen molar-refractivity contribution < 1.29 is 14.6 Å². The molecule has 104 valence electrons. The second kappa shape index (κ2) is 4.76. The van der Waals surface area contributed by atoms with Gasteiger partial charge in [-0.05, 0) is 36.8 Å². The van der Waals surface area contributed by atoms with Gasteiger partial charge in [0.25, 0.3) is 0 Å². The summed E-state index contributed by atoms with van der Waals surface area (Å²) < 4.78 is 5.17. The van der Waals surface area contributed by atoms with Gasteiger partial charge in [0.1, 0.15) is 11.3 Å². The molecule has 1 saturated carbocycles. The lowest BCUT2D eigenvalue weighted by Gasteiger charge is -2.29. The average Bonchev–Trinajstić information content (AvgIpc) is 2.66. The Bertz CT molecular complexity index is 484. The molecule has 1 aliphatic carbocycles. The number of nitrogens with one attached hydrogen (secondary N) is 1. The largest absolute Gasteiger partial charge is 0.497 e. The van der Waals surface area contributed by atoms with Gasteiger partial charge in [-0.3, -0.25) is 0 Å². The monoisotopic (exact) mass is 263 g/mol. The van der Waals surface area contributed by atoms with Crippen LogP contribution in [0.25, 0.3) is 0 Å². The third kappa shape index (κ3) is 2.83. The van der Waals surface area contributed by atoms with Crippen molar-refractivity contribution in [3.8, 4) is 5.75 Å². The summed E-state index contributed by atoms with van der Waals surface area (Å²) in [6.07, 6.45) is 2.19. The maximum atomic E-state index is 11.7. The number of hydrogen-bond donors (Lipinski definition) is 2. The van der Waals surface area contributed by atoms with Crippen LogP contribution in [0, 0.1) is 5.41 Å². The number of hydrogen-bond acceptors (Lipinski definition) is 3. The fourth-order valence-electron chi connectivity index (χ4n) is 2.87. The lowest BCUT2D eigenvalue weighted by Crippen LogP contribution is -2.44. The molecule has 0 aromatic heterocycles. The lowest BCUT2D eigenvalue weighted by atomic mass is 9.87. The van der Waals surface area contributed by atoms with E-state index in [2.05, 4.69) is 19.2 Å². The van der Waals surface area contributed by atoms with Gasteiger partial charge in [-0.2, -0.15) is 0 Å². The molecule has 1 fully saturated rings. The highest BCUT2D eigenvalue weighted by molar-refractivity contribution is 5.83. The number of ether oxygens (including phenoxy) is 1. The summed E-state index contributed by atoms with van der Waals surface area (Å²) in [5, 5.41) is 12.8. The quantitative estimate of drug-likeness (QED) is 0.876. The van der Waals surface area contributed by atoms with Crippen LogP contribution in [0.3, 0.4) is 0 Å².